The lowest BCUT2D eigenvalue weighted by molar-refractivity contribution is 0.296. The van der Waals surface area contributed by atoms with E-state index in [2.05, 4.69) is 41.5 Å². The quantitative estimate of drug-likeness (QED) is 0.648. The molecule has 0 unspecified atom stereocenters. The Bertz CT molecular complexity index is 510. The van der Waals surface area contributed by atoms with Gasteiger partial charge in [-0.25, -0.2) is 0 Å². The van der Waals surface area contributed by atoms with Crippen LogP contribution < -0.4 is 0 Å². The highest BCUT2D eigenvalue weighted by atomic mass is 32.2. The van der Waals surface area contributed by atoms with Crippen molar-refractivity contribution >= 4 is 11.8 Å². The second-order valence-electron chi connectivity index (χ2n) is 4.55. The third-order valence-electron chi connectivity index (χ3n) is 2.78. The highest BCUT2D eigenvalue weighted by Gasteiger charge is 2.09. The zero-order valence-corrected chi connectivity index (χ0v) is 12.0. The number of aliphatic hydroxyl groups excluding tert-OH is 1. The Kier molecular flexibility index (Phi) is 4.93. The van der Waals surface area contributed by atoms with E-state index in [1.165, 1.54) is 5.56 Å². The monoisotopic (exact) mass is 278 g/mol. The summed E-state index contributed by atoms with van der Waals surface area (Å²) in [5, 5.41) is 21.3. The molecule has 0 aliphatic carbocycles. The Morgan fingerprint density at radius 2 is 2.00 bits per heavy atom. The molecule has 0 aliphatic rings. The van der Waals surface area contributed by atoms with E-state index in [1.807, 2.05) is 12.1 Å². The summed E-state index contributed by atoms with van der Waals surface area (Å²) in [5.74, 6) is 1.32. The average molecular weight is 278 g/mol. The summed E-state index contributed by atoms with van der Waals surface area (Å²) in [4.78, 5) is 0. The predicted octanol–water partition coefficient (Wildman–Crippen LogP) is 2.26. The van der Waals surface area contributed by atoms with Crippen LogP contribution in [-0.4, -0.2) is 37.7 Å². The molecular weight excluding hydrogens is 260 g/mol. The van der Waals surface area contributed by atoms with Crippen molar-refractivity contribution in [3.63, 3.8) is 0 Å². The molecule has 5 nitrogen and oxygen atoms in total. The molecule has 102 valence electrons. The van der Waals surface area contributed by atoms with Gasteiger partial charge in [0.05, 0.1) is 5.69 Å². The Balaban J connectivity index is 2.15. The van der Waals surface area contributed by atoms with Gasteiger partial charge >= 0.3 is 0 Å². The second kappa shape index (κ2) is 6.68. The number of thioether (sulfide) groups is 1. The molecule has 1 N–H and O–H groups in total. The molecule has 0 amide bonds. The molecule has 2 aromatic rings. The van der Waals surface area contributed by atoms with E-state index in [9.17, 15) is 0 Å². The van der Waals surface area contributed by atoms with Crippen molar-refractivity contribution in [2.24, 2.45) is 0 Å². The van der Waals surface area contributed by atoms with Crippen molar-refractivity contribution in [1.29, 1.82) is 0 Å². The first-order valence-corrected chi connectivity index (χ1v) is 7.33. The number of benzene rings is 1. The molecule has 2 rings (SSSR count). The molecule has 1 aromatic carbocycles. The van der Waals surface area contributed by atoms with Gasteiger partial charge in [-0.05, 0) is 40.5 Å². The fourth-order valence-electron chi connectivity index (χ4n) is 1.66. The minimum atomic E-state index is 0.192. The Labute approximate surface area is 117 Å². The number of aromatic nitrogens is 4. The third-order valence-corrected chi connectivity index (χ3v) is 3.78. The minimum Gasteiger partial charge on any atom is -0.396 e. The van der Waals surface area contributed by atoms with Gasteiger partial charge in [0.1, 0.15) is 0 Å². The lowest BCUT2D eigenvalue weighted by Gasteiger charge is -2.07. The van der Waals surface area contributed by atoms with E-state index < -0.39 is 0 Å². The summed E-state index contributed by atoms with van der Waals surface area (Å²) in [6, 6.07) is 8.26. The van der Waals surface area contributed by atoms with Crippen LogP contribution in [0.2, 0.25) is 0 Å². The molecule has 0 fully saturated rings. The van der Waals surface area contributed by atoms with Crippen molar-refractivity contribution in [3.8, 4) is 5.69 Å². The highest BCUT2D eigenvalue weighted by Crippen LogP contribution is 2.21. The SMILES string of the molecule is CC(C)c1ccc(-n2nnnc2SCCCO)cc1. The van der Waals surface area contributed by atoms with E-state index >= 15 is 0 Å². The van der Waals surface area contributed by atoms with Crippen molar-refractivity contribution in [3.05, 3.63) is 29.8 Å². The average Bonchev–Trinajstić information content (AvgIpc) is 2.87. The molecule has 1 aromatic heterocycles. The Morgan fingerprint density at radius 3 is 2.63 bits per heavy atom. The van der Waals surface area contributed by atoms with Crippen LogP contribution in [0.3, 0.4) is 0 Å². The lowest BCUT2D eigenvalue weighted by Crippen LogP contribution is -2.00. The molecule has 0 bridgehead atoms. The molecule has 19 heavy (non-hydrogen) atoms. The summed E-state index contributed by atoms with van der Waals surface area (Å²) in [7, 11) is 0. The van der Waals surface area contributed by atoms with Crippen LogP contribution in [0.4, 0.5) is 0 Å². The standard InChI is InChI=1S/C13H18N4OS/c1-10(2)11-4-6-12(7-5-11)17-13(14-15-16-17)19-9-3-8-18/h4-7,10,18H,3,8-9H2,1-2H3. The fourth-order valence-corrected chi connectivity index (χ4v) is 2.47. The zero-order valence-electron chi connectivity index (χ0n) is 11.2. The summed E-state index contributed by atoms with van der Waals surface area (Å²) in [6.07, 6.45) is 0.740. The summed E-state index contributed by atoms with van der Waals surface area (Å²) in [6.45, 7) is 4.53. The number of tetrazole rings is 1. The summed E-state index contributed by atoms with van der Waals surface area (Å²) in [5.41, 5.74) is 2.26. The first-order valence-electron chi connectivity index (χ1n) is 6.34. The lowest BCUT2D eigenvalue weighted by atomic mass is 10.0. The molecule has 0 saturated heterocycles. The van der Waals surface area contributed by atoms with Gasteiger partial charge in [-0.1, -0.05) is 37.7 Å². The normalized spacial score (nSPS) is 11.2. The molecular formula is C13H18N4OS. The van der Waals surface area contributed by atoms with Gasteiger partial charge in [0.25, 0.3) is 0 Å². The largest absolute Gasteiger partial charge is 0.396 e. The first-order chi connectivity index (χ1) is 9.22. The number of hydrogen-bond acceptors (Lipinski definition) is 5. The van der Waals surface area contributed by atoms with Gasteiger partial charge in [0, 0.05) is 12.4 Å². The predicted molar refractivity (Wildman–Crippen MR) is 75.7 cm³/mol. The van der Waals surface area contributed by atoms with E-state index in [0.717, 1.165) is 23.0 Å². The van der Waals surface area contributed by atoms with Crippen molar-refractivity contribution in [1.82, 2.24) is 20.2 Å². The third kappa shape index (κ3) is 3.54. The van der Waals surface area contributed by atoms with Crippen molar-refractivity contribution in [2.75, 3.05) is 12.4 Å². The van der Waals surface area contributed by atoms with Gasteiger partial charge in [0.2, 0.25) is 5.16 Å². The van der Waals surface area contributed by atoms with Crippen LogP contribution in [0, 0.1) is 0 Å². The van der Waals surface area contributed by atoms with Crippen LogP contribution in [0.25, 0.3) is 5.69 Å². The number of aliphatic hydroxyl groups is 1. The zero-order chi connectivity index (χ0) is 13.7. The molecule has 0 spiro atoms. The van der Waals surface area contributed by atoms with Crippen LogP contribution >= 0.6 is 11.8 Å². The summed E-state index contributed by atoms with van der Waals surface area (Å²) >= 11 is 1.55. The van der Waals surface area contributed by atoms with E-state index in [-0.39, 0.29) is 6.61 Å². The highest BCUT2D eigenvalue weighted by molar-refractivity contribution is 7.99. The maximum absolute atomic E-state index is 8.79. The second-order valence-corrected chi connectivity index (χ2v) is 5.61. The first kappa shape index (κ1) is 14.0. The molecule has 0 saturated carbocycles. The van der Waals surface area contributed by atoms with Crippen LogP contribution in [0.5, 0.6) is 0 Å². The Morgan fingerprint density at radius 1 is 1.26 bits per heavy atom. The molecule has 0 atom stereocenters. The smallest absolute Gasteiger partial charge is 0.214 e. The fraction of sp³-hybridized carbons (Fsp3) is 0.462. The van der Waals surface area contributed by atoms with Gasteiger partial charge in [-0.3, -0.25) is 0 Å². The van der Waals surface area contributed by atoms with Crippen molar-refractivity contribution < 1.29 is 5.11 Å². The van der Waals surface area contributed by atoms with E-state index in [0.29, 0.717) is 5.92 Å². The van der Waals surface area contributed by atoms with Gasteiger partial charge in [0.15, 0.2) is 0 Å². The number of nitrogens with zero attached hydrogens (tertiary/aromatic N) is 4. The van der Waals surface area contributed by atoms with Gasteiger partial charge in [-0.15, -0.1) is 5.10 Å². The summed E-state index contributed by atoms with van der Waals surface area (Å²) < 4.78 is 1.73. The van der Waals surface area contributed by atoms with Crippen LogP contribution in [-0.2, 0) is 0 Å². The number of rotatable bonds is 6. The van der Waals surface area contributed by atoms with E-state index in [1.54, 1.807) is 16.4 Å². The van der Waals surface area contributed by atoms with Gasteiger partial charge in [-0.2, -0.15) is 4.68 Å². The van der Waals surface area contributed by atoms with Crippen LogP contribution in [0.1, 0.15) is 31.7 Å². The van der Waals surface area contributed by atoms with E-state index in [4.69, 9.17) is 5.11 Å². The maximum atomic E-state index is 8.79. The van der Waals surface area contributed by atoms with Crippen LogP contribution in [0.15, 0.2) is 29.4 Å². The number of hydrogen-bond donors (Lipinski definition) is 1. The molecule has 0 aliphatic heterocycles. The Hall–Kier alpha value is -1.40. The molecule has 1 heterocycles. The maximum Gasteiger partial charge on any atom is 0.214 e. The van der Waals surface area contributed by atoms with Crippen molar-refractivity contribution in [2.45, 2.75) is 31.3 Å². The molecule has 0 radical (unpaired) electrons. The molecule has 6 heteroatoms. The minimum absolute atomic E-state index is 0.192. The van der Waals surface area contributed by atoms with Gasteiger partial charge < -0.3 is 5.11 Å². The topological polar surface area (TPSA) is 63.8 Å².